The first kappa shape index (κ1) is 12.2. The quantitative estimate of drug-likeness (QED) is 0.744. The van der Waals surface area contributed by atoms with Crippen LogP contribution in [0.2, 0.25) is 0 Å². The molecule has 0 atom stereocenters. The molecule has 0 saturated heterocycles. The molecule has 0 spiro atoms. The Hall–Kier alpha value is -2.89. The van der Waals surface area contributed by atoms with Gasteiger partial charge in [-0.15, -0.1) is 0 Å². The summed E-state index contributed by atoms with van der Waals surface area (Å²) in [5.74, 6) is -0.873. The Bertz CT molecular complexity index is 876. The molecule has 20 heavy (non-hydrogen) atoms. The average Bonchev–Trinajstić information content (AvgIpc) is 2.80. The molecule has 3 rings (SSSR count). The van der Waals surface area contributed by atoms with Crippen LogP contribution in [0.15, 0.2) is 39.7 Å². The fourth-order valence-corrected chi connectivity index (χ4v) is 1.91. The molecule has 0 fully saturated rings. The van der Waals surface area contributed by atoms with Crippen LogP contribution in [0.1, 0.15) is 16.1 Å². The Morgan fingerprint density at radius 1 is 1.35 bits per heavy atom. The minimum Gasteiger partial charge on any atom is -0.478 e. The fourth-order valence-electron chi connectivity index (χ4n) is 1.91. The molecule has 100 valence electrons. The van der Waals surface area contributed by atoms with Crippen LogP contribution in [0.4, 0.5) is 0 Å². The van der Waals surface area contributed by atoms with E-state index in [0.717, 1.165) is 5.69 Å². The number of aromatic amines is 1. The van der Waals surface area contributed by atoms with Crippen molar-refractivity contribution in [1.82, 2.24) is 9.97 Å². The maximum absolute atomic E-state index is 11.9. The summed E-state index contributed by atoms with van der Waals surface area (Å²) in [5.41, 5.74) is 1.79. The number of nitrogens with zero attached hydrogens (tertiary/aromatic N) is 1. The van der Waals surface area contributed by atoms with Gasteiger partial charge in [0.2, 0.25) is 5.89 Å². The molecule has 0 aliphatic carbocycles. The number of rotatable bonds is 2. The topological polar surface area (TPSA) is 96.2 Å². The van der Waals surface area contributed by atoms with Gasteiger partial charge in [-0.3, -0.25) is 4.79 Å². The van der Waals surface area contributed by atoms with Crippen molar-refractivity contribution in [3.05, 3.63) is 51.9 Å². The number of aromatic nitrogens is 2. The third-order valence-electron chi connectivity index (χ3n) is 2.92. The fraction of sp³-hybridized carbons (Fsp3) is 0.0714. The largest absolute Gasteiger partial charge is 0.478 e. The minimum atomic E-state index is -1.04. The summed E-state index contributed by atoms with van der Waals surface area (Å²) in [5, 5.41) is 8.93. The molecule has 0 aliphatic heterocycles. The number of H-pyrrole nitrogens is 1. The van der Waals surface area contributed by atoms with Crippen molar-refractivity contribution < 1.29 is 14.3 Å². The van der Waals surface area contributed by atoms with Gasteiger partial charge in [0.1, 0.15) is 11.1 Å². The lowest BCUT2D eigenvalue weighted by atomic mass is 10.2. The van der Waals surface area contributed by atoms with Gasteiger partial charge in [-0.2, -0.15) is 0 Å². The summed E-state index contributed by atoms with van der Waals surface area (Å²) < 4.78 is 5.47. The molecule has 1 aromatic carbocycles. The molecular formula is C14H10N2O4. The number of aryl methyl sites for hydroxylation is 1. The highest BCUT2D eigenvalue weighted by Gasteiger charge is 2.13. The van der Waals surface area contributed by atoms with E-state index in [1.165, 1.54) is 24.4 Å². The molecule has 3 aromatic rings. The lowest BCUT2D eigenvalue weighted by molar-refractivity contribution is 0.0697. The van der Waals surface area contributed by atoms with E-state index < -0.39 is 5.97 Å². The monoisotopic (exact) mass is 270 g/mol. The maximum atomic E-state index is 11.9. The van der Waals surface area contributed by atoms with Crippen molar-refractivity contribution in [2.75, 3.05) is 0 Å². The van der Waals surface area contributed by atoms with E-state index in [9.17, 15) is 9.59 Å². The van der Waals surface area contributed by atoms with E-state index in [1.54, 1.807) is 13.0 Å². The van der Waals surface area contributed by atoms with E-state index >= 15 is 0 Å². The maximum Gasteiger partial charge on any atom is 0.335 e. The second-order valence-corrected chi connectivity index (χ2v) is 4.40. The summed E-state index contributed by atoms with van der Waals surface area (Å²) in [7, 11) is 0. The van der Waals surface area contributed by atoms with E-state index in [1.807, 2.05) is 0 Å². The first-order chi connectivity index (χ1) is 9.54. The molecule has 0 unspecified atom stereocenters. The third kappa shape index (κ3) is 1.97. The smallest absolute Gasteiger partial charge is 0.335 e. The molecule has 0 bridgehead atoms. The van der Waals surface area contributed by atoms with Crippen molar-refractivity contribution in [3.8, 4) is 11.5 Å². The summed E-state index contributed by atoms with van der Waals surface area (Å²) in [6.07, 6.45) is 1.53. The van der Waals surface area contributed by atoms with Crippen LogP contribution in [-0.2, 0) is 0 Å². The number of carboxylic acids is 1. The van der Waals surface area contributed by atoms with Gasteiger partial charge in [0.25, 0.3) is 0 Å². The van der Waals surface area contributed by atoms with Gasteiger partial charge in [0, 0.05) is 18.0 Å². The molecule has 0 amide bonds. The van der Waals surface area contributed by atoms with Crippen LogP contribution < -0.4 is 5.43 Å². The van der Waals surface area contributed by atoms with Crippen molar-refractivity contribution in [2.45, 2.75) is 6.92 Å². The van der Waals surface area contributed by atoms with Gasteiger partial charge in [0.15, 0.2) is 11.0 Å². The van der Waals surface area contributed by atoms with Crippen molar-refractivity contribution in [2.24, 2.45) is 0 Å². The third-order valence-corrected chi connectivity index (χ3v) is 2.92. The molecule has 6 nitrogen and oxygen atoms in total. The lowest BCUT2D eigenvalue weighted by Crippen LogP contribution is -2.04. The summed E-state index contributed by atoms with van der Waals surface area (Å²) >= 11 is 0. The number of oxazole rings is 1. The van der Waals surface area contributed by atoms with Gasteiger partial charge in [-0.05, 0) is 25.1 Å². The number of aromatic carboxylic acids is 1. The second kappa shape index (κ2) is 4.34. The first-order valence-electron chi connectivity index (χ1n) is 5.88. The molecule has 0 aliphatic rings. The number of hydrogen-bond acceptors (Lipinski definition) is 4. The predicted molar refractivity (Wildman–Crippen MR) is 71.8 cm³/mol. The first-order valence-corrected chi connectivity index (χ1v) is 5.88. The highest BCUT2D eigenvalue weighted by molar-refractivity contribution is 5.92. The molecule has 2 heterocycles. The van der Waals surface area contributed by atoms with Gasteiger partial charge < -0.3 is 14.5 Å². The number of nitrogens with one attached hydrogen (secondary N) is 1. The normalized spacial score (nSPS) is 10.8. The average molecular weight is 270 g/mol. The van der Waals surface area contributed by atoms with Gasteiger partial charge >= 0.3 is 5.97 Å². The molecule has 2 aromatic heterocycles. The lowest BCUT2D eigenvalue weighted by Gasteiger charge is -1.95. The predicted octanol–water partition coefficient (Wildman–Crippen LogP) is 2.19. The van der Waals surface area contributed by atoms with Crippen LogP contribution in [0, 0.1) is 6.92 Å². The van der Waals surface area contributed by atoms with E-state index in [-0.39, 0.29) is 16.9 Å². The molecule has 6 heteroatoms. The SMILES string of the molecule is Cc1cc(=O)c(-c2nc3ccc(C(=O)O)cc3o2)c[nH]1. The van der Waals surface area contributed by atoms with Crippen molar-refractivity contribution in [3.63, 3.8) is 0 Å². The number of hydrogen-bond donors (Lipinski definition) is 2. The Labute approximate surface area is 112 Å². The molecule has 2 N–H and O–H groups in total. The van der Waals surface area contributed by atoms with E-state index in [0.29, 0.717) is 16.7 Å². The number of carboxylic acid groups (broad SMARTS) is 1. The van der Waals surface area contributed by atoms with Gasteiger partial charge in [0.05, 0.1) is 5.56 Å². The van der Waals surface area contributed by atoms with Crippen LogP contribution >= 0.6 is 0 Å². The van der Waals surface area contributed by atoms with Crippen LogP contribution in [0.3, 0.4) is 0 Å². The minimum absolute atomic E-state index is 0.109. The van der Waals surface area contributed by atoms with E-state index in [2.05, 4.69) is 9.97 Å². The Kier molecular flexibility index (Phi) is 2.64. The highest BCUT2D eigenvalue weighted by Crippen LogP contribution is 2.22. The summed E-state index contributed by atoms with van der Waals surface area (Å²) in [6.45, 7) is 1.77. The summed E-state index contributed by atoms with van der Waals surface area (Å²) in [4.78, 5) is 29.9. The van der Waals surface area contributed by atoms with Crippen LogP contribution in [0.5, 0.6) is 0 Å². The van der Waals surface area contributed by atoms with Crippen molar-refractivity contribution in [1.29, 1.82) is 0 Å². The molecular weight excluding hydrogens is 260 g/mol. The Morgan fingerprint density at radius 2 is 2.15 bits per heavy atom. The molecule has 0 radical (unpaired) electrons. The number of carbonyl (C=O) groups is 1. The molecule has 0 saturated carbocycles. The number of benzene rings is 1. The van der Waals surface area contributed by atoms with Gasteiger partial charge in [-0.1, -0.05) is 0 Å². The van der Waals surface area contributed by atoms with E-state index in [4.69, 9.17) is 9.52 Å². The van der Waals surface area contributed by atoms with Gasteiger partial charge in [-0.25, -0.2) is 9.78 Å². The van der Waals surface area contributed by atoms with Crippen molar-refractivity contribution >= 4 is 17.1 Å². The van der Waals surface area contributed by atoms with Crippen LogP contribution in [0.25, 0.3) is 22.6 Å². The highest BCUT2D eigenvalue weighted by atomic mass is 16.4. The Morgan fingerprint density at radius 3 is 2.85 bits per heavy atom. The zero-order valence-corrected chi connectivity index (χ0v) is 10.5. The van der Waals surface area contributed by atoms with Crippen LogP contribution in [-0.4, -0.2) is 21.0 Å². The Balaban J connectivity index is 2.17. The zero-order chi connectivity index (χ0) is 14.3. The zero-order valence-electron chi connectivity index (χ0n) is 10.5. The second-order valence-electron chi connectivity index (χ2n) is 4.40. The summed E-state index contributed by atoms with van der Waals surface area (Å²) in [6, 6.07) is 5.83. The number of pyridine rings is 1. The standard InChI is InChI=1S/C14H10N2O4/c1-7-4-11(17)9(6-15-7)13-16-10-3-2-8(14(18)19)5-12(10)20-13/h2-6H,1H3,(H,15,17)(H,18,19). The number of fused-ring (bicyclic) bond motifs is 1.